The van der Waals surface area contributed by atoms with E-state index in [1.54, 1.807) is 12.1 Å². The van der Waals surface area contributed by atoms with Crippen molar-refractivity contribution in [3.05, 3.63) is 52.8 Å². The molecule has 0 bridgehead atoms. The number of rotatable bonds is 6. The molecule has 2 aromatic carbocycles. The molecule has 0 radical (unpaired) electrons. The highest BCUT2D eigenvalue weighted by Gasteiger charge is 2.14. The summed E-state index contributed by atoms with van der Waals surface area (Å²) in [5.41, 5.74) is 1.14. The van der Waals surface area contributed by atoms with Gasteiger partial charge in [-0.15, -0.1) is 0 Å². The van der Waals surface area contributed by atoms with Gasteiger partial charge in [0.1, 0.15) is 5.82 Å². The number of hydrogen-bond acceptors (Lipinski definition) is 5. The van der Waals surface area contributed by atoms with Gasteiger partial charge < -0.3 is 19.5 Å². The van der Waals surface area contributed by atoms with Gasteiger partial charge in [0.2, 0.25) is 6.79 Å². The van der Waals surface area contributed by atoms with Crippen molar-refractivity contribution in [3.63, 3.8) is 0 Å². The van der Waals surface area contributed by atoms with E-state index in [2.05, 4.69) is 5.32 Å². The highest BCUT2D eigenvalue weighted by atomic mass is 35.5. The molecule has 1 aliphatic heterocycles. The van der Waals surface area contributed by atoms with E-state index in [9.17, 15) is 14.0 Å². The van der Waals surface area contributed by atoms with Crippen LogP contribution in [0.5, 0.6) is 11.5 Å². The second kappa shape index (κ2) is 8.05. The monoisotopic (exact) mass is 379 g/mol. The Balaban J connectivity index is 1.43. The number of hydrogen-bond donors (Lipinski definition) is 1. The summed E-state index contributed by atoms with van der Waals surface area (Å²) in [6, 6.07) is 9.00. The molecule has 3 rings (SSSR count). The minimum absolute atomic E-state index is 0.0625. The van der Waals surface area contributed by atoms with Gasteiger partial charge >= 0.3 is 5.97 Å². The maximum absolute atomic E-state index is 13.0. The van der Waals surface area contributed by atoms with E-state index in [-0.39, 0.29) is 23.9 Å². The first kappa shape index (κ1) is 18.0. The van der Waals surface area contributed by atoms with Gasteiger partial charge in [-0.3, -0.25) is 9.59 Å². The SMILES string of the molecule is O=C(COC(=O)CCc1ccc2c(c1)OCO2)Nc1ccc(F)cc1Cl. The molecule has 0 spiro atoms. The van der Waals surface area contributed by atoms with Crippen LogP contribution in [0.25, 0.3) is 0 Å². The number of esters is 1. The summed E-state index contributed by atoms with van der Waals surface area (Å²) in [6.07, 6.45) is 0.561. The van der Waals surface area contributed by atoms with E-state index in [0.717, 1.165) is 11.6 Å². The summed E-state index contributed by atoms with van der Waals surface area (Å²) in [7, 11) is 0. The predicted molar refractivity (Wildman–Crippen MR) is 91.9 cm³/mol. The third-order valence-corrected chi connectivity index (χ3v) is 3.94. The van der Waals surface area contributed by atoms with Crippen LogP contribution in [0.3, 0.4) is 0 Å². The Labute approximate surface area is 153 Å². The van der Waals surface area contributed by atoms with Crippen LogP contribution < -0.4 is 14.8 Å². The summed E-state index contributed by atoms with van der Waals surface area (Å²) in [5.74, 6) is -0.264. The normalized spacial score (nSPS) is 11.9. The van der Waals surface area contributed by atoms with Gasteiger partial charge in [0.15, 0.2) is 18.1 Å². The lowest BCUT2D eigenvalue weighted by Gasteiger charge is -2.08. The third kappa shape index (κ3) is 4.64. The van der Waals surface area contributed by atoms with Crippen molar-refractivity contribution in [3.8, 4) is 11.5 Å². The molecule has 0 saturated heterocycles. The molecule has 6 nitrogen and oxygen atoms in total. The van der Waals surface area contributed by atoms with Gasteiger partial charge in [0, 0.05) is 6.42 Å². The van der Waals surface area contributed by atoms with Crippen molar-refractivity contribution in [1.29, 1.82) is 0 Å². The molecule has 26 heavy (non-hydrogen) atoms. The number of halogens is 2. The summed E-state index contributed by atoms with van der Waals surface area (Å²) in [4.78, 5) is 23.6. The Morgan fingerprint density at radius 3 is 2.77 bits per heavy atom. The van der Waals surface area contributed by atoms with Gasteiger partial charge in [0.25, 0.3) is 5.91 Å². The smallest absolute Gasteiger partial charge is 0.306 e. The molecule has 8 heteroatoms. The zero-order valence-corrected chi connectivity index (χ0v) is 14.3. The summed E-state index contributed by atoms with van der Waals surface area (Å²) < 4.78 is 28.4. The number of ether oxygens (including phenoxy) is 3. The van der Waals surface area contributed by atoms with Gasteiger partial charge in [-0.2, -0.15) is 0 Å². The molecule has 0 saturated carbocycles. The lowest BCUT2D eigenvalue weighted by molar-refractivity contribution is -0.147. The standard InChI is InChI=1S/C18H15ClFNO5/c19-13-8-12(20)3-4-14(13)21-17(22)9-24-18(23)6-2-11-1-5-15-16(7-11)26-10-25-15/h1,3-5,7-8H,2,6,9-10H2,(H,21,22). The average molecular weight is 380 g/mol. The van der Waals surface area contributed by atoms with Crippen molar-refractivity contribution in [2.24, 2.45) is 0 Å². The second-order valence-electron chi connectivity index (χ2n) is 5.52. The summed E-state index contributed by atoms with van der Waals surface area (Å²) in [5, 5.41) is 2.51. The van der Waals surface area contributed by atoms with Crippen molar-refractivity contribution in [2.45, 2.75) is 12.8 Å². The zero-order valence-electron chi connectivity index (χ0n) is 13.6. The maximum Gasteiger partial charge on any atom is 0.306 e. The fraction of sp³-hybridized carbons (Fsp3) is 0.222. The largest absolute Gasteiger partial charge is 0.456 e. The Morgan fingerprint density at radius 2 is 1.96 bits per heavy atom. The Hall–Kier alpha value is -2.80. The number of anilines is 1. The first-order valence-electron chi connectivity index (χ1n) is 7.80. The zero-order chi connectivity index (χ0) is 18.5. The highest BCUT2D eigenvalue weighted by Crippen LogP contribution is 2.32. The van der Waals surface area contributed by atoms with Gasteiger partial charge in [-0.25, -0.2) is 4.39 Å². The van der Waals surface area contributed by atoms with Crippen LogP contribution in [0.2, 0.25) is 5.02 Å². The Morgan fingerprint density at radius 1 is 1.15 bits per heavy atom. The number of carbonyl (C=O) groups excluding carboxylic acids is 2. The molecule has 2 aromatic rings. The second-order valence-corrected chi connectivity index (χ2v) is 5.93. The van der Waals surface area contributed by atoms with E-state index in [0.29, 0.717) is 17.9 Å². The van der Waals surface area contributed by atoms with E-state index in [4.69, 9.17) is 25.8 Å². The van der Waals surface area contributed by atoms with Crippen molar-refractivity contribution in [1.82, 2.24) is 0 Å². The molecular weight excluding hydrogens is 365 g/mol. The summed E-state index contributed by atoms with van der Waals surface area (Å²) >= 11 is 5.81. The first-order valence-corrected chi connectivity index (χ1v) is 8.18. The van der Waals surface area contributed by atoms with E-state index in [1.807, 2.05) is 6.07 Å². The first-order chi connectivity index (χ1) is 12.5. The molecule has 0 aromatic heterocycles. The van der Waals surface area contributed by atoms with Crippen molar-refractivity contribution >= 4 is 29.2 Å². The maximum atomic E-state index is 13.0. The topological polar surface area (TPSA) is 73.9 Å². The fourth-order valence-corrected chi connectivity index (χ4v) is 2.55. The molecule has 0 atom stereocenters. The molecule has 1 amide bonds. The molecular formula is C18H15ClFNO5. The van der Waals surface area contributed by atoms with Crippen LogP contribution in [-0.4, -0.2) is 25.3 Å². The minimum Gasteiger partial charge on any atom is -0.456 e. The van der Waals surface area contributed by atoms with Gasteiger partial charge in [-0.05, 0) is 42.3 Å². The van der Waals surface area contributed by atoms with Crippen LogP contribution in [0.4, 0.5) is 10.1 Å². The lowest BCUT2D eigenvalue weighted by atomic mass is 10.1. The lowest BCUT2D eigenvalue weighted by Crippen LogP contribution is -2.21. The molecule has 0 aliphatic carbocycles. The number of aryl methyl sites for hydroxylation is 1. The van der Waals surface area contributed by atoms with Crippen molar-refractivity contribution in [2.75, 3.05) is 18.7 Å². The van der Waals surface area contributed by atoms with Crippen LogP contribution in [-0.2, 0) is 20.7 Å². The summed E-state index contributed by atoms with van der Waals surface area (Å²) in [6.45, 7) is -0.262. The predicted octanol–water partition coefficient (Wildman–Crippen LogP) is 3.32. The number of amides is 1. The number of nitrogens with one attached hydrogen (secondary N) is 1. The van der Waals surface area contributed by atoms with Crippen LogP contribution in [0.1, 0.15) is 12.0 Å². The van der Waals surface area contributed by atoms with E-state index in [1.165, 1.54) is 12.1 Å². The molecule has 1 heterocycles. The molecule has 1 N–H and O–H groups in total. The number of carbonyl (C=O) groups is 2. The average Bonchev–Trinajstić information content (AvgIpc) is 3.08. The quantitative estimate of drug-likeness (QED) is 0.779. The highest BCUT2D eigenvalue weighted by molar-refractivity contribution is 6.33. The molecule has 0 fully saturated rings. The third-order valence-electron chi connectivity index (χ3n) is 3.62. The molecule has 0 unspecified atom stereocenters. The minimum atomic E-state index is -0.560. The fourth-order valence-electron chi connectivity index (χ4n) is 2.34. The van der Waals surface area contributed by atoms with Gasteiger partial charge in [0.05, 0.1) is 10.7 Å². The van der Waals surface area contributed by atoms with Crippen molar-refractivity contribution < 1.29 is 28.2 Å². The molecule has 1 aliphatic rings. The van der Waals surface area contributed by atoms with Crippen LogP contribution in [0.15, 0.2) is 36.4 Å². The Bertz CT molecular complexity index is 842. The molecule has 136 valence electrons. The van der Waals surface area contributed by atoms with E-state index >= 15 is 0 Å². The number of benzene rings is 2. The number of fused-ring (bicyclic) bond motifs is 1. The van der Waals surface area contributed by atoms with E-state index < -0.39 is 24.3 Å². The van der Waals surface area contributed by atoms with Gasteiger partial charge in [-0.1, -0.05) is 17.7 Å². The van der Waals surface area contributed by atoms with Crippen LogP contribution in [0, 0.1) is 5.82 Å². The van der Waals surface area contributed by atoms with Crippen LogP contribution >= 0.6 is 11.6 Å². The Kier molecular flexibility index (Phi) is 5.58.